The molecule has 3 aromatic rings. The number of hydrogen-bond donors (Lipinski definition) is 5. The molecule has 0 radical (unpaired) electrons. The Kier molecular flexibility index (Phi) is 7.45. The number of rotatable bonds is 6. The average molecular weight is 587 g/mol. The Labute approximate surface area is 240 Å². The number of fused-ring (bicyclic) bond motifs is 1. The second-order valence-corrected chi connectivity index (χ2v) is 10.8. The highest BCUT2D eigenvalue weighted by Gasteiger charge is 2.49. The molecule has 14 heteroatoms. The van der Waals surface area contributed by atoms with E-state index in [1.807, 2.05) is 59.5 Å². The van der Waals surface area contributed by atoms with Crippen LogP contribution in [0, 0.1) is 0 Å². The molecule has 0 amide bonds. The Morgan fingerprint density at radius 1 is 1.05 bits per heavy atom. The number of hydrogen-bond acceptors (Lipinski definition) is 10. The standard InChI is InChI=1S/C28H33F3N8O3/c1-26(20-16-39(17-28(29,30)31)35-24(20)38-12-14-41-15-13-38)36-37-27(2,42-26)34-23-25(40)32-21-11-7-6-10-19(21)22(33-23)18-8-4-3-5-9-18/h3-11,16,23,25,32,34,36-37,40H,12-15,17H2,1-2H3/t23-,25?,26?,27?/m0/s1. The molecule has 1 aromatic heterocycles. The largest absolute Gasteiger partial charge is 0.408 e. The van der Waals surface area contributed by atoms with Gasteiger partial charge in [-0.3, -0.25) is 15.0 Å². The lowest BCUT2D eigenvalue weighted by atomic mass is 10.0. The molecule has 2 fully saturated rings. The fourth-order valence-corrected chi connectivity index (χ4v) is 5.46. The predicted molar refractivity (Wildman–Crippen MR) is 150 cm³/mol. The van der Waals surface area contributed by atoms with Gasteiger partial charge in [0.25, 0.3) is 0 Å². The molecule has 4 heterocycles. The zero-order valence-corrected chi connectivity index (χ0v) is 23.2. The van der Waals surface area contributed by atoms with Gasteiger partial charge in [0.05, 0.1) is 24.5 Å². The monoisotopic (exact) mass is 586 g/mol. The molecule has 0 bridgehead atoms. The first-order valence-corrected chi connectivity index (χ1v) is 13.7. The van der Waals surface area contributed by atoms with Crippen molar-refractivity contribution in [2.75, 3.05) is 36.5 Å². The summed E-state index contributed by atoms with van der Waals surface area (Å²) >= 11 is 0. The minimum atomic E-state index is -4.45. The van der Waals surface area contributed by atoms with E-state index in [2.05, 4.69) is 26.6 Å². The van der Waals surface area contributed by atoms with Gasteiger partial charge in [-0.25, -0.2) is 10.9 Å². The molecule has 0 saturated carbocycles. The van der Waals surface area contributed by atoms with Crippen LogP contribution >= 0.6 is 0 Å². The third kappa shape index (κ3) is 5.86. The number of benzene rings is 2. The average Bonchev–Trinajstić information content (AvgIpc) is 3.48. The van der Waals surface area contributed by atoms with Gasteiger partial charge in [0.15, 0.2) is 23.6 Å². The number of aliphatic hydroxyl groups excluding tert-OH is 1. The number of halogens is 3. The van der Waals surface area contributed by atoms with Crippen LogP contribution in [-0.2, 0) is 21.7 Å². The summed E-state index contributed by atoms with van der Waals surface area (Å²) in [6, 6.07) is 17.2. The van der Waals surface area contributed by atoms with Crippen molar-refractivity contribution >= 4 is 17.2 Å². The minimum absolute atomic E-state index is 0.375. The Morgan fingerprint density at radius 2 is 1.76 bits per heavy atom. The lowest BCUT2D eigenvalue weighted by Crippen LogP contribution is -2.60. The zero-order chi connectivity index (χ0) is 29.5. The molecule has 3 aliphatic rings. The molecule has 0 aliphatic carbocycles. The Balaban J connectivity index is 1.30. The molecule has 6 rings (SSSR count). The molecular formula is C28H33F3N8O3. The van der Waals surface area contributed by atoms with Crippen LogP contribution in [0.4, 0.5) is 24.7 Å². The second kappa shape index (κ2) is 10.9. The van der Waals surface area contributed by atoms with Crippen molar-refractivity contribution in [1.29, 1.82) is 0 Å². The second-order valence-electron chi connectivity index (χ2n) is 10.8. The van der Waals surface area contributed by atoms with Gasteiger partial charge in [-0.05, 0) is 19.9 Å². The van der Waals surface area contributed by atoms with Gasteiger partial charge in [-0.1, -0.05) is 48.5 Å². The van der Waals surface area contributed by atoms with Crippen LogP contribution in [0.1, 0.15) is 30.5 Å². The van der Waals surface area contributed by atoms with E-state index in [1.165, 1.54) is 6.20 Å². The van der Waals surface area contributed by atoms with Crippen LogP contribution in [0.15, 0.2) is 65.8 Å². The fourth-order valence-electron chi connectivity index (χ4n) is 5.46. The number of nitrogens with one attached hydrogen (secondary N) is 4. The van der Waals surface area contributed by atoms with Crippen molar-refractivity contribution in [3.8, 4) is 0 Å². The Morgan fingerprint density at radius 3 is 2.50 bits per heavy atom. The fraction of sp³-hybridized carbons (Fsp3) is 0.429. The van der Waals surface area contributed by atoms with Gasteiger partial charge in [-0.15, -0.1) is 0 Å². The zero-order valence-electron chi connectivity index (χ0n) is 23.2. The van der Waals surface area contributed by atoms with Crippen LogP contribution in [-0.4, -0.2) is 71.3 Å². The van der Waals surface area contributed by atoms with Crippen molar-refractivity contribution in [3.05, 3.63) is 77.5 Å². The lowest BCUT2D eigenvalue weighted by molar-refractivity contribution is -0.143. The SMILES string of the molecule is CC1(N[C@@H]2N=C(c3ccccc3)c3ccccc3NC2O)NNC(C)(c2cn(CC(F)(F)F)nc2N2CCOCC2)O1. The number of aliphatic imine (C=N–C) groups is 1. The molecular weight excluding hydrogens is 553 g/mol. The number of para-hydroxylation sites is 1. The van der Waals surface area contributed by atoms with E-state index >= 15 is 0 Å². The number of hydrazine groups is 1. The van der Waals surface area contributed by atoms with Crippen LogP contribution in [0.2, 0.25) is 0 Å². The van der Waals surface area contributed by atoms with Crippen LogP contribution < -0.4 is 26.4 Å². The highest BCUT2D eigenvalue weighted by atomic mass is 19.4. The van der Waals surface area contributed by atoms with Crippen molar-refractivity contribution in [2.24, 2.45) is 4.99 Å². The van der Waals surface area contributed by atoms with Gasteiger partial charge in [0, 0.05) is 36.1 Å². The third-order valence-corrected chi connectivity index (χ3v) is 7.38. The number of ether oxygens (including phenoxy) is 2. The molecule has 3 aliphatic heterocycles. The Bertz CT molecular complexity index is 1450. The summed E-state index contributed by atoms with van der Waals surface area (Å²) in [4.78, 5) is 6.80. The van der Waals surface area contributed by atoms with Crippen LogP contribution in [0.3, 0.4) is 0 Å². The van der Waals surface area contributed by atoms with Crippen molar-refractivity contribution in [3.63, 3.8) is 0 Å². The molecule has 11 nitrogen and oxygen atoms in total. The highest BCUT2D eigenvalue weighted by molar-refractivity contribution is 6.16. The molecule has 2 saturated heterocycles. The molecule has 5 N–H and O–H groups in total. The van der Waals surface area contributed by atoms with Crippen molar-refractivity contribution < 1.29 is 27.8 Å². The van der Waals surface area contributed by atoms with Crippen LogP contribution in [0.25, 0.3) is 0 Å². The van der Waals surface area contributed by atoms with E-state index in [-0.39, 0.29) is 0 Å². The molecule has 2 aromatic carbocycles. The summed E-state index contributed by atoms with van der Waals surface area (Å²) in [6.07, 6.45) is -5.12. The predicted octanol–water partition coefficient (Wildman–Crippen LogP) is 2.45. The Hall–Kier alpha value is -3.53. The maximum Gasteiger partial charge on any atom is 0.408 e. The van der Waals surface area contributed by atoms with E-state index in [9.17, 15) is 18.3 Å². The topological polar surface area (TPSA) is 120 Å². The van der Waals surface area contributed by atoms with Gasteiger partial charge >= 0.3 is 6.18 Å². The number of nitrogens with zero attached hydrogens (tertiary/aromatic N) is 4. The molecule has 4 atom stereocenters. The van der Waals surface area contributed by atoms with E-state index in [0.717, 1.165) is 21.5 Å². The van der Waals surface area contributed by atoms with Crippen molar-refractivity contribution in [1.82, 2.24) is 25.9 Å². The molecule has 0 spiro atoms. The van der Waals surface area contributed by atoms with E-state index in [0.29, 0.717) is 43.4 Å². The van der Waals surface area contributed by atoms with Gasteiger partial charge in [0.1, 0.15) is 12.7 Å². The molecule has 224 valence electrons. The number of aromatic nitrogens is 2. The van der Waals surface area contributed by atoms with Crippen LogP contribution in [0.5, 0.6) is 0 Å². The summed E-state index contributed by atoms with van der Waals surface area (Å²) in [7, 11) is 0. The minimum Gasteiger partial charge on any atom is -0.378 e. The first-order chi connectivity index (χ1) is 20.0. The maximum atomic E-state index is 13.3. The first kappa shape index (κ1) is 28.6. The maximum absolute atomic E-state index is 13.3. The number of anilines is 2. The quantitative estimate of drug-likeness (QED) is 0.297. The third-order valence-electron chi connectivity index (χ3n) is 7.38. The van der Waals surface area contributed by atoms with Gasteiger partial charge < -0.3 is 24.8 Å². The van der Waals surface area contributed by atoms with E-state index in [1.54, 1.807) is 13.8 Å². The van der Waals surface area contributed by atoms with Gasteiger partial charge in [-0.2, -0.15) is 18.3 Å². The highest BCUT2D eigenvalue weighted by Crippen LogP contribution is 2.37. The summed E-state index contributed by atoms with van der Waals surface area (Å²) in [5, 5.41) is 21.9. The first-order valence-electron chi connectivity index (χ1n) is 13.7. The number of benzodiazepines with no additional fused rings is 1. The summed E-state index contributed by atoms with van der Waals surface area (Å²) in [5.41, 5.74) is 8.40. The van der Waals surface area contributed by atoms with Gasteiger partial charge in [0.2, 0.25) is 0 Å². The smallest absolute Gasteiger partial charge is 0.378 e. The summed E-state index contributed by atoms with van der Waals surface area (Å²) < 4.78 is 52.7. The number of alkyl halides is 3. The van der Waals surface area contributed by atoms with E-state index in [4.69, 9.17) is 14.5 Å². The van der Waals surface area contributed by atoms with Crippen molar-refractivity contribution in [2.45, 2.75) is 50.5 Å². The number of aliphatic hydroxyl groups is 1. The number of morpholine rings is 1. The molecule has 42 heavy (non-hydrogen) atoms. The van der Waals surface area contributed by atoms with E-state index < -0.39 is 36.7 Å². The lowest BCUT2D eigenvalue weighted by Gasteiger charge is -2.34. The normalized spacial score (nSPS) is 28.1. The summed E-state index contributed by atoms with van der Waals surface area (Å²) in [5.74, 6) is -0.933. The molecule has 3 unspecified atom stereocenters. The summed E-state index contributed by atoms with van der Waals surface area (Å²) in [6.45, 7) is 4.01.